The highest BCUT2D eigenvalue weighted by atomic mass is 32.1. The van der Waals surface area contributed by atoms with Gasteiger partial charge in [0.2, 0.25) is 0 Å². The van der Waals surface area contributed by atoms with Crippen molar-refractivity contribution >= 4 is 11.3 Å². The van der Waals surface area contributed by atoms with E-state index in [0.29, 0.717) is 12.0 Å². The lowest BCUT2D eigenvalue weighted by atomic mass is 9.83. The Morgan fingerprint density at radius 2 is 2.14 bits per heavy atom. The number of aryl methyl sites for hydroxylation is 2. The maximum atomic E-state index is 9.99. The summed E-state index contributed by atoms with van der Waals surface area (Å²) < 4.78 is 0. The highest BCUT2D eigenvalue weighted by Crippen LogP contribution is 2.28. The molecule has 3 unspecified atom stereocenters. The van der Waals surface area contributed by atoms with Gasteiger partial charge in [0.15, 0.2) is 0 Å². The van der Waals surface area contributed by atoms with Crippen LogP contribution in [0.5, 0.6) is 0 Å². The molecule has 1 aliphatic rings. The molecule has 2 rings (SSSR count). The van der Waals surface area contributed by atoms with Crippen LogP contribution < -0.4 is 5.32 Å². The number of nitrogens with one attached hydrogen (secondary N) is 1. The summed E-state index contributed by atoms with van der Waals surface area (Å²) in [6.45, 7) is 7.54. The smallest absolute Gasteiger partial charge is 0.0928 e. The van der Waals surface area contributed by atoms with E-state index in [9.17, 15) is 5.11 Å². The SMILES string of the molecule is CCc1nc(C)c(C(C)NCCCC2CCCCC2O)s1. The van der Waals surface area contributed by atoms with Crippen LogP contribution in [0, 0.1) is 12.8 Å². The Balaban J connectivity index is 1.71. The Morgan fingerprint density at radius 3 is 2.81 bits per heavy atom. The molecule has 0 spiro atoms. The molecule has 21 heavy (non-hydrogen) atoms. The number of aromatic nitrogens is 1. The van der Waals surface area contributed by atoms with Gasteiger partial charge >= 0.3 is 0 Å². The molecule has 0 bridgehead atoms. The molecule has 0 aliphatic heterocycles. The van der Waals surface area contributed by atoms with Crippen molar-refractivity contribution in [2.24, 2.45) is 5.92 Å². The number of hydrogen-bond donors (Lipinski definition) is 2. The van der Waals surface area contributed by atoms with Crippen LogP contribution in [0.3, 0.4) is 0 Å². The number of aliphatic hydroxyl groups excluding tert-OH is 1. The van der Waals surface area contributed by atoms with E-state index in [4.69, 9.17) is 0 Å². The zero-order valence-electron chi connectivity index (χ0n) is 13.7. The van der Waals surface area contributed by atoms with Crippen molar-refractivity contribution in [3.8, 4) is 0 Å². The first kappa shape index (κ1) is 16.9. The lowest BCUT2D eigenvalue weighted by Crippen LogP contribution is -2.26. The summed E-state index contributed by atoms with van der Waals surface area (Å²) in [5, 5.41) is 14.9. The van der Waals surface area contributed by atoms with E-state index in [1.54, 1.807) is 0 Å². The van der Waals surface area contributed by atoms with Gasteiger partial charge in [0.1, 0.15) is 0 Å². The van der Waals surface area contributed by atoms with Crippen molar-refractivity contribution < 1.29 is 5.11 Å². The normalized spacial score (nSPS) is 24.2. The van der Waals surface area contributed by atoms with E-state index in [2.05, 4.69) is 31.1 Å². The predicted octanol–water partition coefficient (Wildman–Crippen LogP) is 4.00. The maximum absolute atomic E-state index is 9.99. The summed E-state index contributed by atoms with van der Waals surface area (Å²) in [6.07, 6.45) is 8.01. The molecule has 3 nitrogen and oxygen atoms in total. The first-order chi connectivity index (χ1) is 10.1. The van der Waals surface area contributed by atoms with Gasteiger partial charge in [0, 0.05) is 10.9 Å². The van der Waals surface area contributed by atoms with Gasteiger partial charge in [-0.15, -0.1) is 11.3 Å². The highest BCUT2D eigenvalue weighted by Gasteiger charge is 2.22. The van der Waals surface area contributed by atoms with Gasteiger partial charge in [-0.3, -0.25) is 0 Å². The first-order valence-electron chi connectivity index (χ1n) is 8.49. The second-order valence-electron chi connectivity index (χ2n) is 6.34. The third-order valence-electron chi connectivity index (χ3n) is 4.64. The molecule has 1 aromatic rings. The summed E-state index contributed by atoms with van der Waals surface area (Å²) >= 11 is 1.84. The second kappa shape index (κ2) is 8.25. The number of nitrogens with zero attached hydrogens (tertiary/aromatic N) is 1. The molecular formula is C17H30N2OS. The van der Waals surface area contributed by atoms with Crippen LogP contribution in [0.1, 0.15) is 74.0 Å². The molecule has 0 aromatic carbocycles. The number of rotatable bonds is 7. The van der Waals surface area contributed by atoms with Gasteiger partial charge in [0.25, 0.3) is 0 Å². The molecule has 0 radical (unpaired) electrons. The summed E-state index contributed by atoms with van der Waals surface area (Å²) in [7, 11) is 0. The fraction of sp³-hybridized carbons (Fsp3) is 0.824. The van der Waals surface area contributed by atoms with Crippen LogP contribution in [-0.2, 0) is 6.42 Å². The molecule has 1 heterocycles. The Kier molecular flexibility index (Phi) is 6.65. The fourth-order valence-electron chi connectivity index (χ4n) is 3.32. The van der Waals surface area contributed by atoms with E-state index in [1.165, 1.54) is 34.8 Å². The Labute approximate surface area is 133 Å². The molecule has 1 aromatic heterocycles. The molecule has 4 heteroatoms. The third kappa shape index (κ3) is 4.76. The quantitative estimate of drug-likeness (QED) is 0.748. The lowest BCUT2D eigenvalue weighted by Gasteiger charge is -2.27. The average molecular weight is 311 g/mol. The summed E-state index contributed by atoms with van der Waals surface area (Å²) in [6, 6.07) is 0.388. The topological polar surface area (TPSA) is 45.2 Å². The van der Waals surface area contributed by atoms with Crippen molar-refractivity contribution in [2.75, 3.05) is 6.54 Å². The standard InChI is InChI=1S/C17H30N2OS/c1-4-16-19-13(3)17(21-16)12(2)18-11-7-9-14-8-5-6-10-15(14)20/h12,14-15,18,20H,4-11H2,1-3H3. The number of thiazole rings is 1. The van der Waals surface area contributed by atoms with Crippen LogP contribution in [0.15, 0.2) is 0 Å². The monoisotopic (exact) mass is 310 g/mol. The zero-order chi connectivity index (χ0) is 15.2. The van der Waals surface area contributed by atoms with Crippen molar-refractivity contribution in [3.05, 3.63) is 15.6 Å². The van der Waals surface area contributed by atoms with Gasteiger partial charge in [0.05, 0.1) is 16.8 Å². The van der Waals surface area contributed by atoms with Gasteiger partial charge in [-0.1, -0.05) is 19.8 Å². The number of aliphatic hydroxyl groups is 1. The third-order valence-corrected chi connectivity index (χ3v) is 6.13. The van der Waals surface area contributed by atoms with Crippen LogP contribution in [0.2, 0.25) is 0 Å². The summed E-state index contributed by atoms with van der Waals surface area (Å²) in [4.78, 5) is 5.99. The van der Waals surface area contributed by atoms with Crippen LogP contribution in [0.4, 0.5) is 0 Å². The minimum Gasteiger partial charge on any atom is -0.393 e. The minimum atomic E-state index is -0.0490. The Morgan fingerprint density at radius 1 is 1.38 bits per heavy atom. The fourth-order valence-corrected chi connectivity index (χ4v) is 4.35. The minimum absolute atomic E-state index is 0.0490. The zero-order valence-corrected chi connectivity index (χ0v) is 14.5. The van der Waals surface area contributed by atoms with E-state index in [-0.39, 0.29) is 6.10 Å². The van der Waals surface area contributed by atoms with Gasteiger partial charge < -0.3 is 10.4 Å². The molecule has 3 atom stereocenters. The molecule has 0 saturated heterocycles. The molecule has 0 amide bonds. The largest absolute Gasteiger partial charge is 0.393 e. The van der Waals surface area contributed by atoms with Gasteiger partial charge in [-0.25, -0.2) is 4.98 Å². The summed E-state index contributed by atoms with van der Waals surface area (Å²) in [5.74, 6) is 0.535. The highest BCUT2D eigenvalue weighted by molar-refractivity contribution is 7.11. The van der Waals surface area contributed by atoms with Crippen LogP contribution in [0.25, 0.3) is 0 Å². The molecular weight excluding hydrogens is 280 g/mol. The van der Waals surface area contributed by atoms with Crippen molar-refractivity contribution in [1.82, 2.24) is 10.3 Å². The van der Waals surface area contributed by atoms with Gasteiger partial charge in [-0.05, 0) is 58.4 Å². The van der Waals surface area contributed by atoms with Crippen molar-refractivity contribution in [3.63, 3.8) is 0 Å². The molecule has 1 fully saturated rings. The molecule has 1 saturated carbocycles. The molecule has 1 aliphatic carbocycles. The van der Waals surface area contributed by atoms with E-state index in [1.807, 2.05) is 11.3 Å². The lowest BCUT2D eigenvalue weighted by molar-refractivity contribution is 0.0642. The molecule has 120 valence electrons. The maximum Gasteiger partial charge on any atom is 0.0928 e. The van der Waals surface area contributed by atoms with E-state index >= 15 is 0 Å². The van der Waals surface area contributed by atoms with Crippen molar-refractivity contribution in [2.45, 2.75) is 77.9 Å². The second-order valence-corrected chi connectivity index (χ2v) is 7.46. The summed E-state index contributed by atoms with van der Waals surface area (Å²) in [5.41, 5.74) is 1.18. The molecule has 2 N–H and O–H groups in total. The van der Waals surface area contributed by atoms with E-state index in [0.717, 1.165) is 32.2 Å². The Hall–Kier alpha value is -0.450. The average Bonchev–Trinajstić information content (AvgIpc) is 2.86. The van der Waals surface area contributed by atoms with E-state index < -0.39 is 0 Å². The predicted molar refractivity (Wildman–Crippen MR) is 89.8 cm³/mol. The number of hydrogen-bond acceptors (Lipinski definition) is 4. The van der Waals surface area contributed by atoms with Crippen LogP contribution in [-0.4, -0.2) is 22.7 Å². The van der Waals surface area contributed by atoms with Crippen LogP contribution >= 0.6 is 11.3 Å². The first-order valence-corrected chi connectivity index (χ1v) is 9.31. The Bertz CT molecular complexity index is 432. The van der Waals surface area contributed by atoms with Crippen molar-refractivity contribution in [1.29, 1.82) is 0 Å². The van der Waals surface area contributed by atoms with Gasteiger partial charge in [-0.2, -0.15) is 0 Å².